The van der Waals surface area contributed by atoms with Crippen LogP contribution in [0, 0.1) is 6.92 Å². The lowest BCUT2D eigenvalue weighted by atomic mass is 10.1. The van der Waals surface area contributed by atoms with Crippen molar-refractivity contribution < 1.29 is 22.1 Å². The molecule has 1 aromatic carbocycles. The third-order valence-electron chi connectivity index (χ3n) is 3.74. The van der Waals surface area contributed by atoms with Crippen molar-refractivity contribution in [2.75, 3.05) is 19.6 Å². The van der Waals surface area contributed by atoms with Crippen molar-refractivity contribution in [2.45, 2.75) is 31.6 Å². The third kappa shape index (κ3) is 3.26. The first-order chi connectivity index (χ1) is 9.37. The van der Waals surface area contributed by atoms with Gasteiger partial charge in [0, 0.05) is 0 Å². The number of rotatable bonds is 4. The van der Waals surface area contributed by atoms with Gasteiger partial charge in [0.15, 0.2) is 0 Å². The van der Waals surface area contributed by atoms with Gasteiger partial charge in [0.25, 0.3) is 0 Å². The number of quaternary nitrogens is 1. The summed E-state index contributed by atoms with van der Waals surface area (Å²) in [4.78, 5) is 11.5. The Morgan fingerprint density at radius 1 is 1.15 bits per heavy atom. The maximum Gasteiger partial charge on any atom is 0.342 e. The average molecular weight is 298 g/mol. The van der Waals surface area contributed by atoms with Crippen molar-refractivity contribution in [1.82, 2.24) is 0 Å². The number of carbonyl (C=O) groups excluding carboxylic acids is 1. The Morgan fingerprint density at radius 2 is 1.70 bits per heavy atom. The highest BCUT2D eigenvalue weighted by Crippen LogP contribution is 2.23. The van der Waals surface area contributed by atoms with Crippen LogP contribution in [0.4, 0.5) is 0 Å². The van der Waals surface area contributed by atoms with E-state index in [1.54, 1.807) is 24.3 Å². The number of aryl methyl sites for hydroxylation is 1. The fraction of sp³-hybridized carbons (Fsp3) is 0.500. The number of hydroxylamine groups is 3. The van der Waals surface area contributed by atoms with E-state index in [2.05, 4.69) is 0 Å². The van der Waals surface area contributed by atoms with Gasteiger partial charge in [0.1, 0.15) is 25.4 Å². The molecule has 0 aliphatic carbocycles. The van der Waals surface area contributed by atoms with Crippen molar-refractivity contribution >= 4 is 15.9 Å². The third-order valence-corrected chi connectivity index (χ3v) is 5.10. The molecule has 1 aromatic rings. The van der Waals surface area contributed by atoms with Crippen LogP contribution < -0.4 is 0 Å². The van der Waals surface area contributed by atoms with Crippen LogP contribution in [-0.2, 0) is 19.2 Å². The zero-order valence-corrected chi connectivity index (χ0v) is 12.6. The van der Waals surface area contributed by atoms with Gasteiger partial charge < -0.3 is 0 Å². The van der Waals surface area contributed by atoms with E-state index in [1.165, 1.54) is 0 Å². The number of carbonyl (C=O) groups is 1. The SMILES string of the molecule is CC[N+]1(OS(=O)(=O)c2ccc(C)cc2)CCC(=O)CC1. The number of benzene rings is 1. The summed E-state index contributed by atoms with van der Waals surface area (Å²) in [6.07, 6.45) is 0.745. The molecular weight excluding hydrogens is 278 g/mol. The lowest BCUT2D eigenvalue weighted by Crippen LogP contribution is -2.53. The quantitative estimate of drug-likeness (QED) is 0.796. The van der Waals surface area contributed by atoms with E-state index in [0.29, 0.717) is 32.5 Å². The molecule has 0 atom stereocenters. The fourth-order valence-corrected chi connectivity index (χ4v) is 3.52. The van der Waals surface area contributed by atoms with E-state index < -0.39 is 10.1 Å². The van der Waals surface area contributed by atoms with Crippen LogP contribution in [0.15, 0.2) is 29.2 Å². The summed E-state index contributed by atoms with van der Waals surface area (Å²) in [5, 5.41) is 0. The molecule has 1 saturated heterocycles. The van der Waals surface area contributed by atoms with E-state index in [9.17, 15) is 13.2 Å². The van der Waals surface area contributed by atoms with Gasteiger partial charge in [-0.2, -0.15) is 13.1 Å². The zero-order valence-electron chi connectivity index (χ0n) is 11.8. The molecule has 0 radical (unpaired) electrons. The van der Waals surface area contributed by atoms with Crippen LogP contribution in [0.25, 0.3) is 0 Å². The summed E-state index contributed by atoms with van der Waals surface area (Å²) in [5.74, 6) is 0.170. The predicted octanol–water partition coefficient (Wildman–Crippen LogP) is 1.81. The summed E-state index contributed by atoms with van der Waals surface area (Å²) < 4.78 is 30.1. The largest absolute Gasteiger partial charge is 0.342 e. The molecule has 2 rings (SSSR count). The molecule has 0 bridgehead atoms. The smallest absolute Gasteiger partial charge is 0.299 e. The number of nitrogens with zero attached hydrogens (tertiary/aromatic N) is 1. The van der Waals surface area contributed by atoms with Crippen LogP contribution in [0.5, 0.6) is 0 Å². The highest BCUT2D eigenvalue weighted by Gasteiger charge is 2.39. The molecule has 0 aromatic heterocycles. The van der Waals surface area contributed by atoms with Crippen molar-refractivity contribution in [1.29, 1.82) is 0 Å². The average Bonchev–Trinajstić information content (AvgIpc) is 2.42. The molecule has 1 aliphatic rings. The Kier molecular flexibility index (Phi) is 4.27. The van der Waals surface area contributed by atoms with Crippen LogP contribution in [0.2, 0.25) is 0 Å². The molecule has 0 unspecified atom stereocenters. The standard InChI is InChI=1S/C14H20NO4S/c1-3-15(10-8-13(16)9-11-15)19-20(17,18)14-6-4-12(2)5-7-14/h4-7H,3,8-11H2,1-2H3/q+1. The lowest BCUT2D eigenvalue weighted by molar-refractivity contribution is -1.08. The topological polar surface area (TPSA) is 60.4 Å². The minimum absolute atomic E-state index is 0.00193. The predicted molar refractivity (Wildman–Crippen MR) is 74.2 cm³/mol. The molecule has 1 heterocycles. The molecule has 0 spiro atoms. The number of hydrogen-bond donors (Lipinski definition) is 0. The molecule has 0 saturated carbocycles. The van der Waals surface area contributed by atoms with E-state index in [-0.39, 0.29) is 15.3 Å². The zero-order chi connectivity index (χ0) is 14.8. The summed E-state index contributed by atoms with van der Waals surface area (Å²) in [7, 11) is -3.80. The second kappa shape index (κ2) is 5.63. The van der Waals surface area contributed by atoms with E-state index in [4.69, 9.17) is 4.28 Å². The molecule has 1 aliphatic heterocycles. The Morgan fingerprint density at radius 3 is 2.20 bits per heavy atom. The number of ketones is 1. The number of likely N-dealkylation sites (tertiary alicyclic amines) is 1. The van der Waals surface area contributed by atoms with Crippen molar-refractivity contribution in [2.24, 2.45) is 0 Å². The minimum atomic E-state index is -3.80. The molecule has 5 nitrogen and oxygen atoms in total. The first-order valence-electron chi connectivity index (χ1n) is 6.78. The lowest BCUT2D eigenvalue weighted by Gasteiger charge is -2.35. The highest BCUT2D eigenvalue weighted by molar-refractivity contribution is 7.86. The Hall–Kier alpha value is -1.24. The minimum Gasteiger partial charge on any atom is -0.299 e. The van der Waals surface area contributed by atoms with Crippen molar-refractivity contribution in [3.8, 4) is 0 Å². The summed E-state index contributed by atoms with van der Waals surface area (Å²) >= 11 is 0. The van der Waals surface area contributed by atoms with Crippen LogP contribution >= 0.6 is 0 Å². The summed E-state index contributed by atoms with van der Waals surface area (Å²) in [5.41, 5.74) is 0.993. The van der Waals surface area contributed by atoms with Gasteiger partial charge in [-0.1, -0.05) is 22.0 Å². The van der Waals surface area contributed by atoms with E-state index in [0.717, 1.165) is 5.56 Å². The fourth-order valence-electron chi connectivity index (χ4n) is 2.29. The Balaban J connectivity index is 2.22. The Labute approximate surface area is 119 Å². The molecule has 0 N–H and O–H groups in total. The number of Topliss-reactive ketones (excluding diaryl/α,β-unsaturated/α-hetero) is 1. The first-order valence-corrected chi connectivity index (χ1v) is 8.18. The summed E-state index contributed by atoms with van der Waals surface area (Å²) in [6, 6.07) is 6.58. The molecule has 110 valence electrons. The highest BCUT2D eigenvalue weighted by atomic mass is 32.2. The monoisotopic (exact) mass is 298 g/mol. The van der Waals surface area contributed by atoms with Gasteiger partial charge >= 0.3 is 10.1 Å². The van der Waals surface area contributed by atoms with Gasteiger partial charge in [-0.25, -0.2) is 0 Å². The number of hydrogen-bond acceptors (Lipinski definition) is 4. The number of piperidine rings is 1. The maximum absolute atomic E-state index is 12.3. The van der Waals surface area contributed by atoms with Gasteiger partial charge in [0.05, 0.1) is 17.7 Å². The molecule has 20 heavy (non-hydrogen) atoms. The van der Waals surface area contributed by atoms with Gasteiger partial charge in [-0.3, -0.25) is 4.79 Å². The molecule has 6 heteroatoms. The second-order valence-electron chi connectivity index (χ2n) is 5.20. The first kappa shape index (κ1) is 15.2. The molecule has 0 amide bonds. The van der Waals surface area contributed by atoms with Crippen LogP contribution in [0.3, 0.4) is 0 Å². The second-order valence-corrected chi connectivity index (χ2v) is 6.73. The van der Waals surface area contributed by atoms with Crippen molar-refractivity contribution in [3.63, 3.8) is 0 Å². The maximum atomic E-state index is 12.3. The Bertz CT molecular complexity index is 582. The normalized spacial score (nSPS) is 19.0. The van der Waals surface area contributed by atoms with Gasteiger partial charge in [-0.05, 0) is 26.0 Å². The molecular formula is C14H20NO4S+. The van der Waals surface area contributed by atoms with Crippen molar-refractivity contribution in [3.05, 3.63) is 29.8 Å². The van der Waals surface area contributed by atoms with Gasteiger partial charge in [0.2, 0.25) is 0 Å². The molecule has 1 fully saturated rings. The van der Waals surface area contributed by atoms with Crippen LogP contribution in [-0.4, -0.2) is 38.5 Å². The van der Waals surface area contributed by atoms with E-state index in [1.807, 2.05) is 13.8 Å². The summed E-state index contributed by atoms with van der Waals surface area (Å²) in [6.45, 7) is 5.13. The van der Waals surface area contributed by atoms with Gasteiger partial charge in [-0.15, -0.1) is 0 Å². The van der Waals surface area contributed by atoms with E-state index >= 15 is 0 Å². The van der Waals surface area contributed by atoms with Crippen LogP contribution in [0.1, 0.15) is 25.3 Å².